The van der Waals surface area contributed by atoms with Gasteiger partial charge in [-0.3, -0.25) is 14.2 Å². The Morgan fingerprint density at radius 3 is 2.52 bits per heavy atom. The number of amides is 1. The Morgan fingerprint density at radius 1 is 1.17 bits per heavy atom. The predicted octanol–water partition coefficient (Wildman–Crippen LogP) is 3.90. The molecule has 0 aliphatic carbocycles. The molecule has 1 aromatic heterocycles. The second-order valence-corrected chi connectivity index (χ2v) is 7.98. The molecule has 7 heteroatoms. The van der Waals surface area contributed by atoms with E-state index in [1.807, 2.05) is 36.4 Å². The van der Waals surface area contributed by atoms with Gasteiger partial charge >= 0.3 is 0 Å². The molecule has 3 rings (SSSR count). The molecule has 0 radical (unpaired) electrons. The Labute approximate surface area is 174 Å². The molecule has 0 aliphatic heterocycles. The zero-order valence-electron chi connectivity index (χ0n) is 17.2. The van der Waals surface area contributed by atoms with Gasteiger partial charge in [-0.2, -0.15) is 0 Å². The number of hydrogen-bond acceptors (Lipinski definition) is 5. The Hall–Kier alpha value is -2.80. The van der Waals surface area contributed by atoms with E-state index in [0.717, 1.165) is 17.9 Å². The van der Waals surface area contributed by atoms with Crippen molar-refractivity contribution in [3.8, 4) is 0 Å². The van der Waals surface area contributed by atoms with Gasteiger partial charge in [0, 0.05) is 31.0 Å². The van der Waals surface area contributed by atoms with Crippen molar-refractivity contribution in [1.82, 2.24) is 9.55 Å². The van der Waals surface area contributed by atoms with Crippen LogP contribution in [-0.2, 0) is 11.8 Å². The normalized spacial score (nSPS) is 11.1. The maximum absolute atomic E-state index is 12.4. The molecule has 3 aromatic rings. The van der Waals surface area contributed by atoms with Crippen LogP contribution in [0.2, 0.25) is 0 Å². The molecular weight excluding hydrogens is 384 g/mol. The summed E-state index contributed by atoms with van der Waals surface area (Å²) in [5, 5.41) is 4.00. The van der Waals surface area contributed by atoms with Crippen LogP contribution in [0.25, 0.3) is 10.9 Å². The number of aromatic nitrogens is 2. The van der Waals surface area contributed by atoms with E-state index in [1.165, 1.54) is 16.3 Å². The molecule has 0 saturated heterocycles. The van der Waals surface area contributed by atoms with E-state index in [1.54, 1.807) is 19.2 Å². The summed E-state index contributed by atoms with van der Waals surface area (Å²) >= 11 is 1.25. The van der Waals surface area contributed by atoms with E-state index in [4.69, 9.17) is 0 Å². The van der Waals surface area contributed by atoms with Crippen LogP contribution < -0.4 is 15.8 Å². The van der Waals surface area contributed by atoms with Crippen molar-refractivity contribution in [1.29, 1.82) is 0 Å². The Morgan fingerprint density at radius 2 is 1.86 bits per heavy atom. The number of hydrogen-bond donors (Lipinski definition) is 1. The van der Waals surface area contributed by atoms with Crippen molar-refractivity contribution < 1.29 is 4.79 Å². The van der Waals surface area contributed by atoms with Crippen molar-refractivity contribution in [2.24, 2.45) is 7.05 Å². The minimum absolute atomic E-state index is 0.111. The Bertz CT molecular complexity index is 1060. The molecule has 2 aromatic carbocycles. The lowest BCUT2D eigenvalue weighted by atomic mass is 10.2. The van der Waals surface area contributed by atoms with Crippen LogP contribution in [0.1, 0.15) is 20.8 Å². The number of nitrogens with zero attached hydrogens (tertiary/aromatic N) is 3. The first kappa shape index (κ1) is 20.9. The topological polar surface area (TPSA) is 67.2 Å². The van der Waals surface area contributed by atoms with Crippen molar-refractivity contribution >= 4 is 39.9 Å². The summed E-state index contributed by atoms with van der Waals surface area (Å²) in [7, 11) is 1.68. The molecule has 0 bridgehead atoms. The molecule has 1 amide bonds. The van der Waals surface area contributed by atoms with Crippen molar-refractivity contribution in [3.05, 3.63) is 58.9 Å². The molecule has 0 unspecified atom stereocenters. The van der Waals surface area contributed by atoms with Gasteiger partial charge in [0.1, 0.15) is 0 Å². The van der Waals surface area contributed by atoms with Crippen LogP contribution in [0.3, 0.4) is 0 Å². The molecule has 0 aliphatic rings. The number of fused-ring (bicyclic) bond motifs is 1. The number of benzene rings is 2. The third kappa shape index (κ3) is 4.79. The Balaban J connectivity index is 1.65. The molecule has 29 heavy (non-hydrogen) atoms. The zero-order chi connectivity index (χ0) is 21.0. The summed E-state index contributed by atoms with van der Waals surface area (Å²) in [6.45, 7) is 7.37. The molecule has 6 nitrogen and oxygen atoms in total. The molecular formula is C22H26N4O2S. The monoisotopic (exact) mass is 410 g/mol. The highest BCUT2D eigenvalue weighted by molar-refractivity contribution is 7.99. The number of nitrogens with one attached hydrogen (secondary N) is 1. The third-order valence-corrected chi connectivity index (χ3v) is 5.75. The maximum atomic E-state index is 12.4. The standard InChI is InChI=1S/C22H26N4O2S/c1-5-26(15(2)3)17-12-10-16(11-13-17)23-20(27)14-29-22-24-19-9-7-6-8-18(19)21(28)25(22)4/h6-13,15H,5,14H2,1-4H3,(H,23,27). The van der Waals surface area contributed by atoms with Crippen LogP contribution in [0.4, 0.5) is 11.4 Å². The van der Waals surface area contributed by atoms with E-state index in [2.05, 4.69) is 36.0 Å². The highest BCUT2D eigenvalue weighted by Gasteiger charge is 2.12. The van der Waals surface area contributed by atoms with Gasteiger partial charge in [-0.15, -0.1) is 0 Å². The van der Waals surface area contributed by atoms with Crippen molar-refractivity contribution in [2.45, 2.75) is 32.0 Å². The number of thioether (sulfide) groups is 1. The van der Waals surface area contributed by atoms with Crippen LogP contribution in [0.15, 0.2) is 58.5 Å². The van der Waals surface area contributed by atoms with E-state index < -0.39 is 0 Å². The first-order chi connectivity index (χ1) is 13.9. The summed E-state index contributed by atoms with van der Waals surface area (Å²) in [5.41, 5.74) is 2.41. The average molecular weight is 411 g/mol. The van der Waals surface area contributed by atoms with Gasteiger partial charge in [0.15, 0.2) is 5.16 Å². The highest BCUT2D eigenvalue weighted by atomic mass is 32.2. The molecule has 0 fully saturated rings. The smallest absolute Gasteiger partial charge is 0.261 e. The minimum atomic E-state index is -0.138. The summed E-state index contributed by atoms with van der Waals surface area (Å²) in [6.07, 6.45) is 0. The van der Waals surface area contributed by atoms with Crippen LogP contribution in [0, 0.1) is 0 Å². The fraction of sp³-hybridized carbons (Fsp3) is 0.318. The lowest BCUT2D eigenvalue weighted by Gasteiger charge is -2.27. The third-order valence-electron chi connectivity index (χ3n) is 4.72. The highest BCUT2D eigenvalue weighted by Crippen LogP contribution is 2.21. The SMILES string of the molecule is CCN(c1ccc(NC(=O)CSc2nc3ccccc3c(=O)n2C)cc1)C(C)C. The van der Waals surface area contributed by atoms with Crippen LogP contribution in [-0.4, -0.2) is 33.8 Å². The summed E-state index contributed by atoms with van der Waals surface area (Å²) < 4.78 is 1.49. The first-order valence-corrected chi connectivity index (χ1v) is 10.6. The molecule has 0 saturated carbocycles. The van der Waals surface area contributed by atoms with Gasteiger partial charge in [-0.25, -0.2) is 4.98 Å². The molecule has 152 valence electrons. The summed E-state index contributed by atoms with van der Waals surface area (Å²) in [4.78, 5) is 31.6. The Kier molecular flexibility index (Phi) is 6.59. The molecule has 0 spiro atoms. The van der Waals surface area contributed by atoms with Gasteiger partial charge in [0.2, 0.25) is 5.91 Å². The zero-order valence-corrected chi connectivity index (χ0v) is 18.0. The average Bonchev–Trinajstić information content (AvgIpc) is 2.71. The van der Waals surface area contributed by atoms with Gasteiger partial charge in [-0.05, 0) is 57.2 Å². The van der Waals surface area contributed by atoms with E-state index >= 15 is 0 Å². The van der Waals surface area contributed by atoms with E-state index in [-0.39, 0.29) is 17.2 Å². The number of carbonyl (C=O) groups is 1. The molecule has 1 heterocycles. The van der Waals surface area contributed by atoms with E-state index in [9.17, 15) is 9.59 Å². The fourth-order valence-corrected chi connectivity index (χ4v) is 4.01. The van der Waals surface area contributed by atoms with E-state index in [0.29, 0.717) is 22.1 Å². The minimum Gasteiger partial charge on any atom is -0.369 e. The lowest BCUT2D eigenvalue weighted by molar-refractivity contribution is -0.113. The number of rotatable bonds is 7. The van der Waals surface area contributed by atoms with Crippen molar-refractivity contribution in [3.63, 3.8) is 0 Å². The largest absolute Gasteiger partial charge is 0.369 e. The fourth-order valence-electron chi connectivity index (χ4n) is 3.24. The van der Waals surface area contributed by atoms with Crippen LogP contribution in [0.5, 0.6) is 0 Å². The number of anilines is 2. The maximum Gasteiger partial charge on any atom is 0.261 e. The van der Waals surface area contributed by atoms with Crippen LogP contribution >= 0.6 is 11.8 Å². The summed E-state index contributed by atoms with van der Waals surface area (Å²) in [6, 6.07) is 15.5. The number of para-hydroxylation sites is 1. The summed E-state index contributed by atoms with van der Waals surface area (Å²) in [5.74, 6) is 0.0364. The van der Waals surface area contributed by atoms with Crippen molar-refractivity contribution in [2.75, 3.05) is 22.5 Å². The van der Waals surface area contributed by atoms with Gasteiger partial charge in [-0.1, -0.05) is 23.9 Å². The second-order valence-electron chi connectivity index (χ2n) is 7.04. The van der Waals surface area contributed by atoms with Gasteiger partial charge < -0.3 is 10.2 Å². The predicted molar refractivity (Wildman–Crippen MR) is 121 cm³/mol. The van der Waals surface area contributed by atoms with Gasteiger partial charge in [0.25, 0.3) is 5.56 Å². The lowest BCUT2D eigenvalue weighted by Crippen LogP contribution is -2.30. The van der Waals surface area contributed by atoms with Gasteiger partial charge in [0.05, 0.1) is 16.7 Å². The first-order valence-electron chi connectivity index (χ1n) is 9.65. The second kappa shape index (κ2) is 9.13. The quantitative estimate of drug-likeness (QED) is 0.473. The molecule has 0 atom stereocenters. The molecule has 1 N–H and O–H groups in total. The number of carbonyl (C=O) groups excluding carboxylic acids is 1.